The molecule has 2 aromatic rings. The van der Waals surface area contributed by atoms with Gasteiger partial charge < -0.3 is 10.1 Å². The molecule has 3 heteroatoms. The Labute approximate surface area is 126 Å². The minimum Gasteiger partial charge on any atom is -0.487 e. The summed E-state index contributed by atoms with van der Waals surface area (Å²) in [6, 6.07) is 10.7. The first-order chi connectivity index (χ1) is 10.4. The van der Waals surface area contributed by atoms with Crippen LogP contribution in [0, 0.1) is 0 Å². The van der Waals surface area contributed by atoms with Crippen LogP contribution in [0.3, 0.4) is 0 Å². The molecule has 1 aromatic heterocycles. The number of aromatic nitrogens is 1. The summed E-state index contributed by atoms with van der Waals surface area (Å²) in [6.07, 6.45) is 8.29. The number of fused-ring (bicyclic) bond motifs is 1. The lowest BCUT2D eigenvalue weighted by molar-refractivity contribution is 0.147. The largest absolute Gasteiger partial charge is 0.487 e. The van der Waals surface area contributed by atoms with Crippen LogP contribution in [0.15, 0.2) is 36.5 Å². The van der Waals surface area contributed by atoms with Crippen LogP contribution in [-0.2, 0) is 0 Å². The van der Waals surface area contributed by atoms with E-state index in [1.54, 1.807) is 0 Å². The molecule has 1 aliphatic rings. The summed E-state index contributed by atoms with van der Waals surface area (Å²) in [5.41, 5.74) is 0.972. The topological polar surface area (TPSA) is 34.1 Å². The van der Waals surface area contributed by atoms with Gasteiger partial charge in [0.1, 0.15) is 17.4 Å². The molecule has 1 saturated carbocycles. The molecule has 1 N–H and O–H groups in total. The Morgan fingerprint density at radius 2 is 2.00 bits per heavy atom. The normalized spacial score (nSPS) is 22.9. The minimum atomic E-state index is 0.250. The van der Waals surface area contributed by atoms with Crippen LogP contribution in [0.2, 0.25) is 0 Å². The summed E-state index contributed by atoms with van der Waals surface area (Å²) in [5, 5.41) is 4.74. The van der Waals surface area contributed by atoms with Crippen molar-refractivity contribution in [3.63, 3.8) is 0 Å². The number of para-hydroxylation sites is 1. The lowest BCUT2D eigenvalue weighted by Crippen LogP contribution is -2.42. The number of rotatable bonds is 4. The number of likely N-dealkylation sites (N-methyl/N-ethyl adjacent to an activating group) is 1. The third kappa shape index (κ3) is 3.35. The molecule has 1 aromatic carbocycles. The van der Waals surface area contributed by atoms with Crippen molar-refractivity contribution in [3.8, 4) is 5.75 Å². The average Bonchev–Trinajstić information content (AvgIpc) is 2.74. The van der Waals surface area contributed by atoms with Gasteiger partial charge in [-0.15, -0.1) is 0 Å². The molecule has 112 valence electrons. The molecule has 0 amide bonds. The lowest BCUT2D eigenvalue weighted by Gasteiger charge is -2.27. The molecule has 1 fully saturated rings. The molecule has 0 aliphatic heterocycles. The Kier molecular flexibility index (Phi) is 4.71. The van der Waals surface area contributed by atoms with Gasteiger partial charge in [-0.05, 0) is 37.9 Å². The van der Waals surface area contributed by atoms with Crippen molar-refractivity contribution in [1.82, 2.24) is 10.3 Å². The Morgan fingerprint density at radius 1 is 1.14 bits per heavy atom. The molecule has 0 radical (unpaired) electrons. The van der Waals surface area contributed by atoms with E-state index in [9.17, 15) is 0 Å². The summed E-state index contributed by atoms with van der Waals surface area (Å²) >= 11 is 0. The zero-order valence-electron chi connectivity index (χ0n) is 12.7. The maximum Gasteiger partial charge on any atom is 0.146 e. The van der Waals surface area contributed by atoms with Crippen LogP contribution in [0.5, 0.6) is 5.75 Å². The number of pyridine rings is 1. The van der Waals surface area contributed by atoms with Crippen LogP contribution in [0.1, 0.15) is 39.0 Å². The third-order valence-corrected chi connectivity index (χ3v) is 4.29. The summed E-state index contributed by atoms with van der Waals surface area (Å²) in [5.74, 6) is 0.919. The molecule has 0 saturated heterocycles. The van der Waals surface area contributed by atoms with E-state index in [1.165, 1.54) is 25.7 Å². The van der Waals surface area contributed by atoms with Gasteiger partial charge in [-0.2, -0.15) is 0 Å². The standard InChI is InChI=1S/C18H24N2O/c1-2-19-15-10-4-3-5-11-16(15)21-17-12-6-8-14-9-7-13-20-18(14)17/h6-9,12-13,15-16,19H,2-5,10-11H2,1H3. The van der Waals surface area contributed by atoms with E-state index in [-0.39, 0.29) is 6.10 Å². The summed E-state index contributed by atoms with van der Waals surface area (Å²) in [6.45, 7) is 3.17. The first-order valence-corrected chi connectivity index (χ1v) is 8.12. The van der Waals surface area contributed by atoms with E-state index < -0.39 is 0 Å². The number of hydrogen-bond donors (Lipinski definition) is 1. The Bertz CT molecular complexity index is 579. The number of benzene rings is 1. The van der Waals surface area contributed by atoms with Crippen LogP contribution in [-0.4, -0.2) is 23.7 Å². The second kappa shape index (κ2) is 6.90. The van der Waals surface area contributed by atoms with E-state index in [0.717, 1.165) is 29.6 Å². The van der Waals surface area contributed by atoms with Gasteiger partial charge >= 0.3 is 0 Å². The number of ether oxygens (including phenoxy) is 1. The molecule has 2 unspecified atom stereocenters. The average molecular weight is 284 g/mol. The fourth-order valence-electron chi connectivity index (χ4n) is 3.24. The molecule has 21 heavy (non-hydrogen) atoms. The zero-order chi connectivity index (χ0) is 14.5. The van der Waals surface area contributed by atoms with Gasteiger partial charge in [0.2, 0.25) is 0 Å². The Morgan fingerprint density at radius 3 is 2.90 bits per heavy atom. The van der Waals surface area contributed by atoms with Crippen molar-refractivity contribution in [2.45, 2.75) is 51.2 Å². The molecule has 0 spiro atoms. The SMILES string of the molecule is CCNC1CCCCCC1Oc1cccc2cccnc12. The van der Waals surface area contributed by atoms with E-state index >= 15 is 0 Å². The molecule has 0 bridgehead atoms. The predicted molar refractivity (Wildman–Crippen MR) is 86.7 cm³/mol. The number of hydrogen-bond acceptors (Lipinski definition) is 3. The van der Waals surface area contributed by atoms with Gasteiger partial charge in [0.15, 0.2) is 0 Å². The van der Waals surface area contributed by atoms with E-state index in [0.29, 0.717) is 6.04 Å². The molecule has 3 rings (SSSR count). The van der Waals surface area contributed by atoms with Gasteiger partial charge in [-0.3, -0.25) is 4.98 Å². The van der Waals surface area contributed by atoms with Crippen molar-refractivity contribution in [1.29, 1.82) is 0 Å². The van der Waals surface area contributed by atoms with Gasteiger partial charge in [-0.25, -0.2) is 0 Å². The Balaban J connectivity index is 1.85. The highest BCUT2D eigenvalue weighted by molar-refractivity contribution is 5.84. The predicted octanol–water partition coefficient (Wildman–Crippen LogP) is 3.92. The number of nitrogens with zero attached hydrogens (tertiary/aromatic N) is 1. The van der Waals surface area contributed by atoms with E-state index in [2.05, 4.69) is 35.4 Å². The minimum absolute atomic E-state index is 0.250. The second-order valence-electron chi connectivity index (χ2n) is 5.79. The van der Waals surface area contributed by atoms with Gasteiger partial charge in [-0.1, -0.05) is 38.0 Å². The summed E-state index contributed by atoms with van der Waals surface area (Å²) in [4.78, 5) is 4.50. The molecular formula is C18H24N2O. The summed E-state index contributed by atoms with van der Waals surface area (Å²) in [7, 11) is 0. The monoisotopic (exact) mass is 284 g/mol. The fourth-order valence-corrected chi connectivity index (χ4v) is 3.24. The number of nitrogens with one attached hydrogen (secondary N) is 1. The van der Waals surface area contributed by atoms with Crippen molar-refractivity contribution < 1.29 is 4.74 Å². The van der Waals surface area contributed by atoms with Crippen molar-refractivity contribution in [3.05, 3.63) is 36.5 Å². The van der Waals surface area contributed by atoms with Crippen molar-refractivity contribution in [2.24, 2.45) is 0 Å². The van der Waals surface area contributed by atoms with Gasteiger partial charge in [0.05, 0.1) is 0 Å². The first-order valence-electron chi connectivity index (χ1n) is 8.12. The smallest absolute Gasteiger partial charge is 0.146 e. The zero-order valence-corrected chi connectivity index (χ0v) is 12.7. The highest BCUT2D eigenvalue weighted by Gasteiger charge is 2.25. The fraction of sp³-hybridized carbons (Fsp3) is 0.500. The van der Waals surface area contributed by atoms with Crippen molar-refractivity contribution >= 4 is 10.9 Å². The summed E-state index contributed by atoms with van der Waals surface area (Å²) < 4.78 is 6.39. The van der Waals surface area contributed by atoms with Crippen LogP contribution in [0.4, 0.5) is 0 Å². The van der Waals surface area contributed by atoms with Crippen LogP contribution >= 0.6 is 0 Å². The van der Waals surface area contributed by atoms with Gasteiger partial charge in [0, 0.05) is 17.6 Å². The Hall–Kier alpha value is -1.61. The molecule has 3 nitrogen and oxygen atoms in total. The maximum atomic E-state index is 6.39. The highest BCUT2D eigenvalue weighted by Crippen LogP contribution is 2.28. The molecule has 1 heterocycles. The quantitative estimate of drug-likeness (QED) is 0.864. The maximum absolute atomic E-state index is 6.39. The van der Waals surface area contributed by atoms with E-state index in [1.807, 2.05) is 18.3 Å². The van der Waals surface area contributed by atoms with Crippen LogP contribution in [0.25, 0.3) is 10.9 Å². The third-order valence-electron chi connectivity index (χ3n) is 4.29. The highest BCUT2D eigenvalue weighted by atomic mass is 16.5. The van der Waals surface area contributed by atoms with Gasteiger partial charge in [0.25, 0.3) is 0 Å². The first kappa shape index (κ1) is 14.3. The van der Waals surface area contributed by atoms with Crippen LogP contribution < -0.4 is 10.1 Å². The molecule has 2 atom stereocenters. The van der Waals surface area contributed by atoms with Crippen molar-refractivity contribution in [2.75, 3.05) is 6.54 Å². The lowest BCUT2D eigenvalue weighted by atomic mass is 10.1. The van der Waals surface area contributed by atoms with E-state index in [4.69, 9.17) is 4.74 Å². The second-order valence-corrected chi connectivity index (χ2v) is 5.79. The molecular weight excluding hydrogens is 260 g/mol. The molecule has 1 aliphatic carbocycles.